The number of carbonyl (C=O) groups is 1. The molecule has 2 aliphatic heterocycles. The Morgan fingerprint density at radius 2 is 1.93 bits per heavy atom. The van der Waals surface area contributed by atoms with Crippen molar-refractivity contribution in [1.82, 2.24) is 9.91 Å². The lowest BCUT2D eigenvalue weighted by atomic mass is 10.0. The van der Waals surface area contributed by atoms with Gasteiger partial charge in [0, 0.05) is 6.42 Å². The van der Waals surface area contributed by atoms with Crippen LogP contribution in [0.15, 0.2) is 40.8 Å². The second kappa shape index (κ2) is 8.97. The number of thiophene rings is 1. The van der Waals surface area contributed by atoms with E-state index in [4.69, 9.17) is 14.6 Å². The molecule has 6 nitrogen and oxygen atoms in total. The Labute approximate surface area is 175 Å². The van der Waals surface area contributed by atoms with Crippen molar-refractivity contribution in [2.24, 2.45) is 5.10 Å². The number of hydrazone groups is 1. The zero-order valence-corrected chi connectivity index (χ0v) is 17.8. The van der Waals surface area contributed by atoms with Crippen LogP contribution >= 0.6 is 11.3 Å². The molecule has 4 rings (SSSR count). The first kappa shape index (κ1) is 19.9. The van der Waals surface area contributed by atoms with Gasteiger partial charge in [-0.2, -0.15) is 5.10 Å². The summed E-state index contributed by atoms with van der Waals surface area (Å²) < 4.78 is 10.9. The minimum absolute atomic E-state index is 0.0539. The Kier molecular flexibility index (Phi) is 6.16. The summed E-state index contributed by atoms with van der Waals surface area (Å²) in [5.41, 5.74) is 1.97. The summed E-state index contributed by atoms with van der Waals surface area (Å²) in [5, 5.41) is 8.49. The maximum atomic E-state index is 13.2. The summed E-state index contributed by atoms with van der Waals surface area (Å²) in [7, 11) is 3.25. The van der Waals surface area contributed by atoms with Gasteiger partial charge >= 0.3 is 0 Å². The van der Waals surface area contributed by atoms with Gasteiger partial charge in [-0.3, -0.25) is 9.69 Å². The number of piperidine rings is 1. The summed E-state index contributed by atoms with van der Waals surface area (Å²) in [5.74, 6) is 1.40. The number of likely N-dealkylation sites (tertiary alicyclic amines) is 1. The quantitative estimate of drug-likeness (QED) is 0.720. The highest BCUT2D eigenvalue weighted by Crippen LogP contribution is 2.38. The molecule has 0 aliphatic carbocycles. The minimum Gasteiger partial charge on any atom is -0.493 e. The molecular formula is C22H27N3O3S. The van der Waals surface area contributed by atoms with Gasteiger partial charge in [0.15, 0.2) is 11.5 Å². The maximum Gasteiger partial charge on any atom is 0.257 e. The molecule has 0 saturated carbocycles. The Hall–Kier alpha value is -2.38. The van der Waals surface area contributed by atoms with E-state index < -0.39 is 0 Å². The average Bonchev–Trinajstić information content (AvgIpc) is 3.44. The number of rotatable bonds is 6. The van der Waals surface area contributed by atoms with Crippen LogP contribution in [0, 0.1) is 0 Å². The predicted octanol–water partition coefficient (Wildman–Crippen LogP) is 3.93. The third-order valence-corrected chi connectivity index (χ3v) is 6.49. The van der Waals surface area contributed by atoms with Crippen LogP contribution in [-0.2, 0) is 4.79 Å². The Balaban J connectivity index is 1.61. The van der Waals surface area contributed by atoms with E-state index in [1.54, 1.807) is 30.6 Å². The van der Waals surface area contributed by atoms with E-state index in [1.807, 2.05) is 29.6 Å². The van der Waals surface area contributed by atoms with Gasteiger partial charge in [0.2, 0.25) is 0 Å². The third kappa shape index (κ3) is 4.31. The molecule has 1 fully saturated rings. The van der Waals surface area contributed by atoms with Crippen LogP contribution in [-0.4, -0.2) is 55.4 Å². The minimum atomic E-state index is -0.135. The van der Waals surface area contributed by atoms with Crippen LogP contribution in [0.4, 0.5) is 0 Å². The highest BCUT2D eigenvalue weighted by atomic mass is 32.1. The number of methoxy groups -OCH3 is 2. The Morgan fingerprint density at radius 1 is 1.14 bits per heavy atom. The first-order valence-corrected chi connectivity index (χ1v) is 10.9. The van der Waals surface area contributed by atoms with E-state index in [-0.39, 0.29) is 11.9 Å². The lowest BCUT2D eigenvalue weighted by Gasteiger charge is -2.29. The largest absolute Gasteiger partial charge is 0.493 e. The van der Waals surface area contributed by atoms with Crippen molar-refractivity contribution < 1.29 is 14.3 Å². The molecule has 1 aromatic carbocycles. The molecule has 0 spiro atoms. The topological polar surface area (TPSA) is 54.4 Å². The average molecular weight is 414 g/mol. The summed E-state index contributed by atoms with van der Waals surface area (Å²) in [6, 6.07) is 9.80. The molecule has 2 aliphatic rings. The van der Waals surface area contributed by atoms with E-state index in [9.17, 15) is 4.79 Å². The number of ether oxygens (including phenoxy) is 2. The summed E-state index contributed by atoms with van der Waals surface area (Å²) in [6.45, 7) is 2.40. The van der Waals surface area contributed by atoms with E-state index in [0.717, 1.165) is 42.1 Å². The van der Waals surface area contributed by atoms with Crippen LogP contribution in [0.1, 0.15) is 42.2 Å². The molecule has 29 heavy (non-hydrogen) atoms. The van der Waals surface area contributed by atoms with Crippen molar-refractivity contribution in [3.05, 3.63) is 46.2 Å². The Bertz CT molecular complexity index is 875. The zero-order valence-electron chi connectivity index (χ0n) is 17.0. The molecule has 1 atom stereocenters. The normalized spacial score (nSPS) is 19.9. The summed E-state index contributed by atoms with van der Waals surface area (Å²) in [4.78, 5) is 16.6. The molecule has 0 N–H and O–H groups in total. The fourth-order valence-corrected chi connectivity index (χ4v) is 4.75. The van der Waals surface area contributed by atoms with Crippen LogP contribution in [0.3, 0.4) is 0 Å². The van der Waals surface area contributed by atoms with Gasteiger partial charge in [-0.05, 0) is 55.1 Å². The van der Waals surface area contributed by atoms with Gasteiger partial charge in [-0.15, -0.1) is 11.3 Å². The van der Waals surface area contributed by atoms with Crippen molar-refractivity contribution in [2.75, 3.05) is 33.9 Å². The molecule has 0 unspecified atom stereocenters. The molecule has 2 aromatic rings. The molecule has 7 heteroatoms. The van der Waals surface area contributed by atoms with E-state index >= 15 is 0 Å². The highest BCUT2D eigenvalue weighted by Gasteiger charge is 2.34. The van der Waals surface area contributed by atoms with Crippen molar-refractivity contribution in [3.63, 3.8) is 0 Å². The van der Waals surface area contributed by atoms with Gasteiger partial charge in [-0.25, -0.2) is 5.01 Å². The highest BCUT2D eigenvalue weighted by molar-refractivity contribution is 7.12. The molecular weight excluding hydrogens is 386 g/mol. The molecule has 3 heterocycles. The van der Waals surface area contributed by atoms with E-state index in [1.165, 1.54) is 6.42 Å². The lowest BCUT2D eigenvalue weighted by molar-refractivity contribution is -0.134. The standard InChI is InChI=1S/C22H27N3O3S/c1-27-19-9-8-16(13-20(19)28-2)18-14-17(21-7-6-12-29-21)23-25(18)22(26)15-24-10-4-3-5-11-24/h6-9,12-13,18H,3-5,10-11,14-15H2,1-2H3/t18-/m0/s1. The fourth-order valence-electron chi connectivity index (χ4n) is 4.03. The summed E-state index contributed by atoms with van der Waals surface area (Å²) in [6.07, 6.45) is 4.28. The summed E-state index contributed by atoms with van der Waals surface area (Å²) >= 11 is 1.66. The van der Waals surface area contributed by atoms with Crippen LogP contribution in [0.5, 0.6) is 11.5 Å². The van der Waals surface area contributed by atoms with Gasteiger partial charge in [0.05, 0.1) is 37.4 Å². The molecule has 1 saturated heterocycles. The van der Waals surface area contributed by atoms with E-state index in [0.29, 0.717) is 24.5 Å². The monoisotopic (exact) mass is 413 g/mol. The number of hydrogen-bond acceptors (Lipinski definition) is 6. The molecule has 1 amide bonds. The maximum absolute atomic E-state index is 13.2. The first-order valence-electron chi connectivity index (χ1n) is 10.1. The smallest absolute Gasteiger partial charge is 0.257 e. The van der Waals surface area contributed by atoms with Gasteiger partial charge < -0.3 is 9.47 Å². The lowest BCUT2D eigenvalue weighted by Crippen LogP contribution is -2.40. The number of amides is 1. The Morgan fingerprint density at radius 3 is 2.62 bits per heavy atom. The van der Waals surface area contributed by atoms with Crippen LogP contribution < -0.4 is 9.47 Å². The molecule has 0 bridgehead atoms. The molecule has 154 valence electrons. The first-order chi connectivity index (χ1) is 14.2. The van der Waals surface area contributed by atoms with Crippen molar-refractivity contribution >= 4 is 23.0 Å². The number of benzene rings is 1. The zero-order chi connectivity index (χ0) is 20.2. The van der Waals surface area contributed by atoms with Gasteiger partial charge in [-0.1, -0.05) is 18.6 Å². The predicted molar refractivity (Wildman–Crippen MR) is 115 cm³/mol. The third-order valence-electron chi connectivity index (χ3n) is 5.57. The number of carbonyl (C=O) groups excluding carboxylic acids is 1. The second-order valence-electron chi connectivity index (χ2n) is 7.43. The molecule has 1 aromatic heterocycles. The fraction of sp³-hybridized carbons (Fsp3) is 0.455. The SMILES string of the molecule is COc1ccc([C@@H]2CC(c3cccs3)=NN2C(=O)CN2CCCCC2)cc1OC. The molecule has 0 radical (unpaired) electrons. The van der Waals surface area contributed by atoms with Crippen LogP contribution in [0.2, 0.25) is 0 Å². The van der Waals surface area contributed by atoms with Crippen molar-refractivity contribution in [2.45, 2.75) is 31.7 Å². The number of hydrogen-bond donors (Lipinski definition) is 0. The second-order valence-corrected chi connectivity index (χ2v) is 8.38. The van der Waals surface area contributed by atoms with Gasteiger partial charge in [0.1, 0.15) is 0 Å². The van der Waals surface area contributed by atoms with E-state index in [2.05, 4.69) is 11.0 Å². The van der Waals surface area contributed by atoms with Crippen molar-refractivity contribution in [1.29, 1.82) is 0 Å². The van der Waals surface area contributed by atoms with Crippen molar-refractivity contribution in [3.8, 4) is 11.5 Å². The number of nitrogens with zero attached hydrogens (tertiary/aromatic N) is 3. The van der Waals surface area contributed by atoms with Gasteiger partial charge in [0.25, 0.3) is 5.91 Å². The van der Waals surface area contributed by atoms with Crippen LogP contribution in [0.25, 0.3) is 0 Å².